The summed E-state index contributed by atoms with van der Waals surface area (Å²) in [6.45, 7) is -0.00452. The van der Waals surface area contributed by atoms with Crippen molar-refractivity contribution in [2.45, 2.75) is 6.61 Å². The number of nitrogens with two attached hydrogens (primary N) is 1. The average Bonchev–Trinajstić information content (AvgIpc) is 2.46. The highest BCUT2D eigenvalue weighted by molar-refractivity contribution is 7.80. The van der Waals surface area contributed by atoms with E-state index in [1.54, 1.807) is 24.3 Å². The third-order valence-corrected chi connectivity index (χ3v) is 3.43. The first-order valence-corrected chi connectivity index (χ1v) is 6.84. The van der Waals surface area contributed by atoms with Crippen molar-refractivity contribution in [2.24, 2.45) is 5.73 Å². The maximum absolute atomic E-state index is 13.7. The van der Waals surface area contributed by atoms with Gasteiger partial charge in [-0.15, -0.1) is 0 Å². The molecule has 0 aliphatic rings. The summed E-state index contributed by atoms with van der Waals surface area (Å²) in [7, 11) is 1.52. The largest absolute Gasteiger partial charge is 0.497 e. The monoisotopic (exact) mass is 325 g/mol. The zero-order valence-electron chi connectivity index (χ0n) is 11.2. The molecule has 0 amide bonds. The summed E-state index contributed by atoms with van der Waals surface area (Å²) in [6.07, 6.45) is 0. The fourth-order valence-corrected chi connectivity index (χ4v) is 2.08. The van der Waals surface area contributed by atoms with E-state index in [0.717, 1.165) is 0 Å². The van der Waals surface area contributed by atoms with Crippen LogP contribution in [-0.4, -0.2) is 12.1 Å². The third kappa shape index (κ3) is 3.83. The lowest BCUT2D eigenvalue weighted by Crippen LogP contribution is -2.10. The van der Waals surface area contributed by atoms with Gasteiger partial charge in [-0.1, -0.05) is 29.9 Å². The van der Waals surface area contributed by atoms with E-state index in [2.05, 4.69) is 0 Å². The van der Waals surface area contributed by atoms with E-state index < -0.39 is 5.82 Å². The number of hydrogen-bond donors (Lipinski definition) is 1. The van der Waals surface area contributed by atoms with Crippen molar-refractivity contribution >= 4 is 28.8 Å². The van der Waals surface area contributed by atoms with Crippen LogP contribution < -0.4 is 15.2 Å². The number of halogens is 2. The highest BCUT2D eigenvalue weighted by Gasteiger charge is 2.09. The van der Waals surface area contributed by atoms with Gasteiger partial charge in [0.25, 0.3) is 0 Å². The van der Waals surface area contributed by atoms with Gasteiger partial charge in [-0.3, -0.25) is 0 Å². The summed E-state index contributed by atoms with van der Waals surface area (Å²) in [5.41, 5.74) is 6.50. The van der Waals surface area contributed by atoms with Crippen LogP contribution in [0.2, 0.25) is 5.02 Å². The van der Waals surface area contributed by atoms with Gasteiger partial charge in [0.2, 0.25) is 0 Å². The standard InChI is InChI=1S/C15H13ClFNO2S/c1-19-10-5-9(15(18)21)6-11(7-10)20-8-12-13(16)3-2-4-14(12)17/h2-7H,8H2,1H3,(H2,18,21). The van der Waals surface area contributed by atoms with Gasteiger partial charge in [0, 0.05) is 17.2 Å². The normalized spacial score (nSPS) is 10.2. The lowest BCUT2D eigenvalue weighted by molar-refractivity contribution is 0.297. The molecule has 6 heteroatoms. The van der Waals surface area contributed by atoms with Crippen LogP contribution in [0.5, 0.6) is 11.5 Å². The summed E-state index contributed by atoms with van der Waals surface area (Å²) in [4.78, 5) is 0.225. The fraction of sp³-hybridized carbons (Fsp3) is 0.133. The Morgan fingerprint density at radius 2 is 2.00 bits per heavy atom. The van der Waals surface area contributed by atoms with Gasteiger partial charge in [-0.25, -0.2) is 4.39 Å². The summed E-state index contributed by atoms with van der Waals surface area (Å²) < 4.78 is 24.4. The van der Waals surface area contributed by atoms with E-state index in [-0.39, 0.29) is 11.6 Å². The maximum Gasteiger partial charge on any atom is 0.131 e. The van der Waals surface area contributed by atoms with Gasteiger partial charge < -0.3 is 15.2 Å². The van der Waals surface area contributed by atoms with Gasteiger partial charge >= 0.3 is 0 Å². The second-order valence-corrected chi connectivity index (χ2v) is 5.10. The molecule has 0 heterocycles. The van der Waals surface area contributed by atoms with Crippen molar-refractivity contribution in [1.29, 1.82) is 0 Å². The van der Waals surface area contributed by atoms with Crippen molar-refractivity contribution in [3.8, 4) is 11.5 Å². The first-order valence-electron chi connectivity index (χ1n) is 6.06. The highest BCUT2D eigenvalue weighted by atomic mass is 35.5. The molecule has 21 heavy (non-hydrogen) atoms. The van der Waals surface area contributed by atoms with Crippen LogP contribution in [0.4, 0.5) is 4.39 Å². The Morgan fingerprint density at radius 3 is 2.62 bits per heavy atom. The van der Waals surface area contributed by atoms with Crippen LogP contribution in [0.1, 0.15) is 11.1 Å². The molecule has 2 aromatic carbocycles. The predicted octanol–water partition coefficient (Wildman–Crippen LogP) is 3.70. The van der Waals surface area contributed by atoms with Crippen LogP contribution in [0, 0.1) is 5.82 Å². The minimum atomic E-state index is -0.417. The first-order chi connectivity index (χ1) is 10.0. The van der Waals surface area contributed by atoms with E-state index in [9.17, 15) is 4.39 Å². The van der Waals surface area contributed by atoms with E-state index in [1.165, 1.54) is 19.2 Å². The van der Waals surface area contributed by atoms with Crippen LogP contribution in [0.25, 0.3) is 0 Å². The van der Waals surface area contributed by atoms with Crippen LogP contribution >= 0.6 is 23.8 Å². The Balaban J connectivity index is 2.23. The third-order valence-electron chi connectivity index (χ3n) is 2.85. The molecule has 0 fully saturated rings. The molecule has 0 atom stereocenters. The van der Waals surface area contributed by atoms with Crippen molar-refractivity contribution in [3.63, 3.8) is 0 Å². The molecular formula is C15H13ClFNO2S. The zero-order valence-corrected chi connectivity index (χ0v) is 12.8. The Labute approximate surface area is 132 Å². The smallest absolute Gasteiger partial charge is 0.131 e. The second-order valence-electron chi connectivity index (χ2n) is 4.25. The molecule has 0 saturated carbocycles. The summed E-state index contributed by atoms with van der Waals surface area (Å²) in [6, 6.07) is 9.50. The zero-order chi connectivity index (χ0) is 15.4. The molecule has 0 saturated heterocycles. The SMILES string of the molecule is COc1cc(OCc2c(F)cccc2Cl)cc(C(N)=S)c1. The van der Waals surface area contributed by atoms with Crippen molar-refractivity contribution in [3.05, 3.63) is 58.4 Å². The van der Waals surface area contributed by atoms with Crippen LogP contribution in [0.3, 0.4) is 0 Å². The number of ether oxygens (including phenoxy) is 2. The Bertz CT molecular complexity index is 658. The quantitative estimate of drug-likeness (QED) is 0.851. The fourth-order valence-electron chi connectivity index (χ4n) is 1.74. The topological polar surface area (TPSA) is 44.5 Å². The highest BCUT2D eigenvalue weighted by Crippen LogP contribution is 2.25. The molecule has 2 rings (SSSR count). The number of rotatable bonds is 5. The molecule has 0 spiro atoms. The average molecular weight is 326 g/mol. The second kappa shape index (κ2) is 6.74. The van der Waals surface area contributed by atoms with E-state index >= 15 is 0 Å². The van der Waals surface area contributed by atoms with Gasteiger partial charge in [0.15, 0.2) is 0 Å². The first kappa shape index (κ1) is 15.5. The van der Waals surface area contributed by atoms with Crippen LogP contribution in [-0.2, 0) is 6.61 Å². The Kier molecular flexibility index (Phi) is 4.98. The molecule has 0 aliphatic heterocycles. The number of thiocarbonyl (C=S) groups is 1. The summed E-state index contributed by atoms with van der Waals surface area (Å²) in [5.74, 6) is 0.603. The molecule has 0 aromatic heterocycles. The van der Waals surface area contributed by atoms with Gasteiger partial charge in [0.1, 0.15) is 28.9 Å². The number of hydrogen-bond acceptors (Lipinski definition) is 3. The molecule has 2 aromatic rings. The van der Waals surface area contributed by atoms with Gasteiger partial charge in [-0.2, -0.15) is 0 Å². The molecule has 0 radical (unpaired) electrons. The van der Waals surface area contributed by atoms with Gasteiger partial charge in [0.05, 0.1) is 12.1 Å². The summed E-state index contributed by atoms with van der Waals surface area (Å²) >= 11 is 10.9. The lowest BCUT2D eigenvalue weighted by atomic mass is 10.2. The Hall–Kier alpha value is -1.85. The molecule has 110 valence electrons. The molecule has 0 bridgehead atoms. The number of benzene rings is 2. The molecule has 0 unspecified atom stereocenters. The molecule has 3 nitrogen and oxygen atoms in total. The lowest BCUT2D eigenvalue weighted by Gasteiger charge is -2.11. The van der Waals surface area contributed by atoms with Crippen LogP contribution in [0.15, 0.2) is 36.4 Å². The summed E-state index contributed by atoms with van der Waals surface area (Å²) in [5, 5.41) is 0.312. The van der Waals surface area contributed by atoms with E-state index in [1.807, 2.05) is 0 Å². The van der Waals surface area contributed by atoms with Gasteiger partial charge in [-0.05, 0) is 24.3 Å². The molecular weight excluding hydrogens is 313 g/mol. The maximum atomic E-state index is 13.7. The Morgan fingerprint density at radius 1 is 1.29 bits per heavy atom. The van der Waals surface area contributed by atoms with Crippen molar-refractivity contribution in [2.75, 3.05) is 7.11 Å². The molecule has 0 aliphatic carbocycles. The van der Waals surface area contributed by atoms with E-state index in [0.29, 0.717) is 27.6 Å². The molecule has 2 N–H and O–H groups in total. The van der Waals surface area contributed by atoms with Crippen molar-refractivity contribution < 1.29 is 13.9 Å². The predicted molar refractivity (Wildman–Crippen MR) is 84.6 cm³/mol. The number of methoxy groups -OCH3 is 1. The van der Waals surface area contributed by atoms with Crippen molar-refractivity contribution in [1.82, 2.24) is 0 Å². The van der Waals surface area contributed by atoms with E-state index in [4.69, 9.17) is 39.0 Å². The minimum absolute atomic E-state index is 0.00452. The minimum Gasteiger partial charge on any atom is -0.497 e.